The van der Waals surface area contributed by atoms with Crippen LogP contribution in [0.2, 0.25) is 0 Å². The number of amides is 1. The topological polar surface area (TPSA) is 55.1 Å². The van der Waals surface area contributed by atoms with Gasteiger partial charge in [-0.1, -0.05) is 53.7 Å². The fourth-order valence-electron chi connectivity index (χ4n) is 2.39. The number of aryl methyl sites for hydroxylation is 2. The summed E-state index contributed by atoms with van der Waals surface area (Å²) >= 11 is 0. The molecule has 3 rings (SSSR count). The lowest BCUT2D eigenvalue weighted by molar-refractivity contribution is 0.102. The predicted octanol–water partition coefficient (Wildman–Crippen LogP) is 4.21. The third-order valence-corrected chi connectivity index (χ3v) is 3.58. The molecule has 0 atom stereocenters. The summed E-state index contributed by atoms with van der Waals surface area (Å²) in [5, 5.41) is 6.91. The molecule has 0 aliphatic carbocycles. The number of carbonyl (C=O) groups excluding carboxylic acids is 1. The van der Waals surface area contributed by atoms with Gasteiger partial charge in [-0.2, -0.15) is 0 Å². The minimum absolute atomic E-state index is 0.225. The summed E-state index contributed by atoms with van der Waals surface area (Å²) in [6.45, 7) is 3.93. The Morgan fingerprint density at radius 2 is 1.68 bits per heavy atom. The van der Waals surface area contributed by atoms with Crippen molar-refractivity contribution in [3.05, 3.63) is 71.5 Å². The Balaban J connectivity index is 1.93. The number of anilines is 1. The average molecular weight is 292 g/mol. The van der Waals surface area contributed by atoms with Crippen LogP contribution in [0.5, 0.6) is 0 Å². The van der Waals surface area contributed by atoms with Gasteiger partial charge < -0.3 is 9.84 Å². The van der Waals surface area contributed by atoms with Gasteiger partial charge in [-0.05, 0) is 25.0 Å². The molecule has 2 aromatic carbocycles. The van der Waals surface area contributed by atoms with Crippen molar-refractivity contribution in [2.75, 3.05) is 5.32 Å². The number of nitrogens with one attached hydrogen (secondary N) is 1. The minimum Gasteiger partial charge on any atom is -0.363 e. The lowest BCUT2D eigenvalue weighted by Gasteiger charge is -2.11. The van der Waals surface area contributed by atoms with Gasteiger partial charge in [0.2, 0.25) is 0 Å². The van der Waals surface area contributed by atoms with Gasteiger partial charge in [0.25, 0.3) is 5.91 Å². The van der Waals surface area contributed by atoms with Crippen molar-refractivity contribution in [3.8, 4) is 11.3 Å². The van der Waals surface area contributed by atoms with Gasteiger partial charge in [0.15, 0.2) is 0 Å². The maximum atomic E-state index is 12.6. The molecule has 110 valence electrons. The zero-order valence-corrected chi connectivity index (χ0v) is 12.5. The number of rotatable bonds is 3. The maximum absolute atomic E-state index is 12.6. The number of aromatic nitrogens is 1. The zero-order valence-electron chi connectivity index (χ0n) is 12.5. The van der Waals surface area contributed by atoms with Crippen LogP contribution in [-0.4, -0.2) is 11.1 Å². The van der Waals surface area contributed by atoms with Crippen molar-refractivity contribution in [1.82, 2.24) is 5.16 Å². The van der Waals surface area contributed by atoms with E-state index in [1.807, 2.05) is 62.4 Å². The quantitative estimate of drug-likeness (QED) is 0.786. The number of hydrogen-bond donors (Lipinski definition) is 1. The Morgan fingerprint density at radius 1 is 1.00 bits per heavy atom. The Bertz CT molecular complexity index is 787. The van der Waals surface area contributed by atoms with Crippen LogP contribution < -0.4 is 5.32 Å². The van der Waals surface area contributed by atoms with E-state index in [9.17, 15) is 4.79 Å². The van der Waals surface area contributed by atoms with E-state index in [4.69, 9.17) is 4.52 Å². The van der Waals surface area contributed by atoms with Crippen LogP contribution in [0.3, 0.4) is 0 Å². The number of hydrogen-bond acceptors (Lipinski definition) is 3. The molecule has 1 N–H and O–H groups in total. The zero-order chi connectivity index (χ0) is 15.5. The highest BCUT2D eigenvalue weighted by Crippen LogP contribution is 2.25. The number of nitrogens with zero attached hydrogens (tertiary/aromatic N) is 1. The molecule has 0 fully saturated rings. The maximum Gasteiger partial charge on any atom is 0.261 e. The van der Waals surface area contributed by atoms with Gasteiger partial charge in [-0.25, -0.2) is 0 Å². The van der Waals surface area contributed by atoms with Crippen LogP contribution in [0.1, 0.15) is 21.5 Å². The number of benzene rings is 2. The van der Waals surface area contributed by atoms with Crippen molar-refractivity contribution in [1.29, 1.82) is 0 Å². The molecule has 22 heavy (non-hydrogen) atoms. The van der Waals surface area contributed by atoms with Gasteiger partial charge in [0.05, 0.1) is 0 Å². The van der Waals surface area contributed by atoms with Gasteiger partial charge in [0, 0.05) is 11.3 Å². The summed E-state index contributed by atoms with van der Waals surface area (Å²) in [5.74, 6) is -0.225. The van der Waals surface area contributed by atoms with Crippen LogP contribution in [0, 0.1) is 13.8 Å². The van der Waals surface area contributed by atoms with Gasteiger partial charge in [0.1, 0.15) is 17.5 Å². The molecule has 0 aliphatic heterocycles. The van der Waals surface area contributed by atoms with Gasteiger partial charge in [-0.3, -0.25) is 4.79 Å². The third-order valence-electron chi connectivity index (χ3n) is 3.58. The van der Waals surface area contributed by atoms with Crippen LogP contribution in [0.15, 0.2) is 59.3 Å². The van der Waals surface area contributed by atoms with E-state index < -0.39 is 0 Å². The number of para-hydroxylation sites is 1. The Hall–Kier alpha value is -2.88. The summed E-state index contributed by atoms with van der Waals surface area (Å²) in [4.78, 5) is 12.6. The molecule has 0 unspecified atom stereocenters. The molecule has 0 aliphatic rings. The van der Waals surface area contributed by atoms with Crippen LogP contribution in [0.25, 0.3) is 11.3 Å². The van der Waals surface area contributed by atoms with E-state index in [0.717, 1.165) is 22.4 Å². The summed E-state index contributed by atoms with van der Waals surface area (Å²) in [6, 6.07) is 15.4. The van der Waals surface area contributed by atoms with E-state index in [2.05, 4.69) is 10.5 Å². The predicted molar refractivity (Wildman–Crippen MR) is 85.8 cm³/mol. The number of carbonyl (C=O) groups is 1. The third kappa shape index (κ3) is 2.63. The lowest BCUT2D eigenvalue weighted by Crippen LogP contribution is -2.14. The average Bonchev–Trinajstić information content (AvgIpc) is 3.01. The first kappa shape index (κ1) is 14.1. The van der Waals surface area contributed by atoms with Crippen molar-refractivity contribution in [2.24, 2.45) is 0 Å². The van der Waals surface area contributed by atoms with Crippen molar-refractivity contribution < 1.29 is 9.32 Å². The van der Waals surface area contributed by atoms with E-state index in [0.29, 0.717) is 11.3 Å². The fourth-order valence-corrected chi connectivity index (χ4v) is 2.39. The molecular weight excluding hydrogens is 276 g/mol. The van der Waals surface area contributed by atoms with E-state index in [1.54, 1.807) is 0 Å². The fraction of sp³-hybridized carbons (Fsp3) is 0.111. The first-order valence-corrected chi connectivity index (χ1v) is 7.04. The van der Waals surface area contributed by atoms with Gasteiger partial charge in [-0.15, -0.1) is 0 Å². The normalized spacial score (nSPS) is 10.5. The largest absolute Gasteiger partial charge is 0.363 e. The lowest BCUT2D eigenvalue weighted by atomic mass is 10.1. The molecule has 0 radical (unpaired) electrons. The molecule has 0 bridgehead atoms. The second-order valence-corrected chi connectivity index (χ2v) is 5.16. The van der Waals surface area contributed by atoms with Crippen molar-refractivity contribution >= 4 is 11.6 Å². The summed E-state index contributed by atoms with van der Waals surface area (Å²) in [5.41, 5.74) is 4.69. The molecule has 0 saturated carbocycles. The van der Waals surface area contributed by atoms with E-state index in [-0.39, 0.29) is 5.91 Å². The van der Waals surface area contributed by atoms with E-state index in [1.165, 1.54) is 6.26 Å². The monoisotopic (exact) mass is 292 g/mol. The summed E-state index contributed by atoms with van der Waals surface area (Å²) < 4.78 is 5.01. The van der Waals surface area contributed by atoms with Crippen LogP contribution in [0.4, 0.5) is 5.69 Å². The van der Waals surface area contributed by atoms with E-state index >= 15 is 0 Å². The molecule has 0 spiro atoms. The molecule has 4 heteroatoms. The highest BCUT2D eigenvalue weighted by atomic mass is 16.5. The molecular formula is C18H16N2O2. The molecule has 3 aromatic rings. The molecule has 1 heterocycles. The molecule has 4 nitrogen and oxygen atoms in total. The molecule has 0 saturated heterocycles. The Labute approximate surface area is 128 Å². The Morgan fingerprint density at radius 3 is 2.36 bits per heavy atom. The summed E-state index contributed by atoms with van der Waals surface area (Å²) in [6.07, 6.45) is 1.38. The highest BCUT2D eigenvalue weighted by molar-refractivity contribution is 6.08. The highest BCUT2D eigenvalue weighted by Gasteiger charge is 2.18. The summed E-state index contributed by atoms with van der Waals surface area (Å²) in [7, 11) is 0. The van der Waals surface area contributed by atoms with Gasteiger partial charge >= 0.3 is 0 Å². The standard InChI is InChI=1S/C18H16N2O2/c1-12-7-6-8-13(2)16(12)19-18(21)15-11-22-20-17(15)14-9-4-3-5-10-14/h3-11H,1-2H3,(H,19,21). The van der Waals surface area contributed by atoms with Crippen LogP contribution >= 0.6 is 0 Å². The SMILES string of the molecule is Cc1cccc(C)c1NC(=O)c1conc1-c1ccccc1. The smallest absolute Gasteiger partial charge is 0.261 e. The first-order valence-electron chi connectivity index (χ1n) is 7.04. The first-order chi connectivity index (χ1) is 10.7. The second kappa shape index (κ2) is 5.85. The molecule has 1 amide bonds. The minimum atomic E-state index is -0.225. The molecule has 1 aromatic heterocycles. The van der Waals surface area contributed by atoms with Crippen LogP contribution in [-0.2, 0) is 0 Å². The Kier molecular flexibility index (Phi) is 3.74. The van der Waals surface area contributed by atoms with Crippen molar-refractivity contribution in [3.63, 3.8) is 0 Å². The van der Waals surface area contributed by atoms with Crippen molar-refractivity contribution in [2.45, 2.75) is 13.8 Å². The second-order valence-electron chi connectivity index (χ2n) is 5.16.